The summed E-state index contributed by atoms with van der Waals surface area (Å²) in [5.74, 6) is -0.975. The molecule has 0 spiro atoms. The van der Waals surface area contributed by atoms with E-state index in [9.17, 15) is 9.90 Å². The first kappa shape index (κ1) is 17.4. The van der Waals surface area contributed by atoms with Crippen molar-refractivity contribution in [3.05, 3.63) is 0 Å². The Morgan fingerprint density at radius 1 is 1.25 bits per heavy atom. The number of nitrogens with zero attached hydrogens (tertiary/aromatic N) is 1. The summed E-state index contributed by atoms with van der Waals surface area (Å²) in [6, 6.07) is 0. The van der Waals surface area contributed by atoms with Crippen molar-refractivity contribution in [2.45, 2.75) is 37.5 Å². The van der Waals surface area contributed by atoms with E-state index in [0.717, 1.165) is 26.2 Å². The Balaban J connectivity index is 2.34. The van der Waals surface area contributed by atoms with Crippen molar-refractivity contribution in [3.8, 4) is 0 Å². The van der Waals surface area contributed by atoms with Gasteiger partial charge in [-0.25, -0.2) is 0 Å². The average Bonchev–Trinajstić information content (AvgIpc) is 2.42. The van der Waals surface area contributed by atoms with E-state index in [2.05, 4.69) is 10.2 Å². The molecular formula is C12H26BN3O4. The lowest BCUT2D eigenvalue weighted by molar-refractivity contribution is -0.144. The van der Waals surface area contributed by atoms with Crippen molar-refractivity contribution < 1.29 is 19.9 Å². The Bertz CT molecular complexity index is 300. The average molecular weight is 287 g/mol. The van der Waals surface area contributed by atoms with Crippen LogP contribution in [0.4, 0.5) is 0 Å². The van der Waals surface area contributed by atoms with E-state index in [1.807, 2.05) is 0 Å². The number of rotatable bonds is 9. The smallest absolute Gasteiger partial charge is 0.451 e. The number of aliphatic carboxylic acids is 1. The monoisotopic (exact) mass is 287 g/mol. The Hall–Kier alpha value is -0.665. The van der Waals surface area contributed by atoms with Crippen molar-refractivity contribution >= 4 is 13.1 Å². The molecule has 6 N–H and O–H groups in total. The van der Waals surface area contributed by atoms with Crippen LogP contribution in [0.15, 0.2) is 0 Å². The summed E-state index contributed by atoms with van der Waals surface area (Å²) < 4.78 is 0. The number of carbonyl (C=O) groups is 1. The van der Waals surface area contributed by atoms with Gasteiger partial charge in [0.2, 0.25) is 0 Å². The van der Waals surface area contributed by atoms with E-state index in [1.54, 1.807) is 0 Å². The first-order chi connectivity index (χ1) is 9.44. The third kappa shape index (κ3) is 6.19. The zero-order valence-electron chi connectivity index (χ0n) is 11.9. The van der Waals surface area contributed by atoms with Crippen LogP contribution in [0.5, 0.6) is 0 Å². The van der Waals surface area contributed by atoms with E-state index < -0.39 is 18.6 Å². The molecule has 1 aliphatic rings. The number of piperazine rings is 1. The van der Waals surface area contributed by atoms with Gasteiger partial charge in [0.05, 0.1) is 0 Å². The molecule has 0 aromatic carbocycles. The molecule has 0 radical (unpaired) electrons. The van der Waals surface area contributed by atoms with E-state index in [4.69, 9.17) is 15.8 Å². The molecular weight excluding hydrogens is 261 g/mol. The number of nitrogens with two attached hydrogens (primary N) is 1. The van der Waals surface area contributed by atoms with Crippen molar-refractivity contribution in [1.29, 1.82) is 0 Å². The van der Waals surface area contributed by atoms with Gasteiger partial charge in [0.25, 0.3) is 0 Å². The van der Waals surface area contributed by atoms with Crippen LogP contribution in [-0.2, 0) is 4.79 Å². The highest BCUT2D eigenvalue weighted by atomic mass is 16.4. The summed E-state index contributed by atoms with van der Waals surface area (Å²) in [7, 11) is -1.33. The third-order valence-electron chi connectivity index (χ3n) is 3.84. The van der Waals surface area contributed by atoms with Crippen molar-refractivity contribution in [3.63, 3.8) is 0 Å². The van der Waals surface area contributed by atoms with Gasteiger partial charge in [-0.05, 0) is 19.2 Å². The number of nitrogens with one attached hydrogen (secondary N) is 1. The van der Waals surface area contributed by atoms with Crippen LogP contribution < -0.4 is 11.1 Å². The summed E-state index contributed by atoms with van der Waals surface area (Å²) in [4.78, 5) is 13.6. The van der Waals surface area contributed by atoms with Gasteiger partial charge in [-0.15, -0.1) is 0 Å². The summed E-state index contributed by atoms with van der Waals surface area (Å²) in [5, 5.41) is 30.1. The minimum absolute atomic E-state index is 0.257. The van der Waals surface area contributed by atoms with E-state index in [-0.39, 0.29) is 6.32 Å². The molecule has 0 aromatic rings. The number of unbranched alkanes of at least 4 members (excludes halogenated alkanes) is 1. The van der Waals surface area contributed by atoms with Crippen LogP contribution in [-0.4, -0.2) is 71.4 Å². The van der Waals surface area contributed by atoms with Crippen LogP contribution in [0.2, 0.25) is 6.32 Å². The van der Waals surface area contributed by atoms with Gasteiger partial charge < -0.3 is 31.1 Å². The van der Waals surface area contributed by atoms with Gasteiger partial charge in [-0.2, -0.15) is 0 Å². The Morgan fingerprint density at radius 2 is 1.90 bits per heavy atom. The molecule has 0 aromatic heterocycles. The van der Waals surface area contributed by atoms with E-state index in [1.165, 1.54) is 0 Å². The maximum atomic E-state index is 11.4. The molecule has 8 heteroatoms. The van der Waals surface area contributed by atoms with Crippen LogP contribution in [0.25, 0.3) is 0 Å². The van der Waals surface area contributed by atoms with E-state index >= 15 is 0 Å². The maximum Gasteiger partial charge on any atom is 0.451 e. The standard InChI is InChI=1S/C12H26BN3O4/c14-12(11(17)18,3-1-2-5-13(19)20)4-8-16-9-6-15-7-10-16/h15,19-20H,1-10,14H2,(H,17,18). The number of carboxylic acid groups (broad SMARTS) is 1. The first-order valence-electron chi connectivity index (χ1n) is 7.25. The lowest BCUT2D eigenvalue weighted by Crippen LogP contribution is -2.52. The molecule has 0 aliphatic carbocycles. The van der Waals surface area contributed by atoms with Gasteiger partial charge in [0.1, 0.15) is 5.54 Å². The maximum absolute atomic E-state index is 11.4. The minimum Gasteiger partial charge on any atom is -0.480 e. The van der Waals surface area contributed by atoms with Gasteiger partial charge in [0, 0.05) is 32.7 Å². The Labute approximate surface area is 120 Å². The number of hydrogen-bond acceptors (Lipinski definition) is 6. The highest BCUT2D eigenvalue weighted by Crippen LogP contribution is 2.18. The van der Waals surface area contributed by atoms with Crippen LogP contribution in [0.3, 0.4) is 0 Å². The fraction of sp³-hybridized carbons (Fsp3) is 0.917. The molecule has 0 saturated carbocycles. The SMILES string of the molecule is NC(CCCCB(O)O)(CCN1CCNCC1)C(=O)O. The summed E-state index contributed by atoms with van der Waals surface area (Å²) in [5.41, 5.74) is 4.79. The molecule has 0 bridgehead atoms. The van der Waals surface area contributed by atoms with Gasteiger partial charge in [0.15, 0.2) is 0 Å². The molecule has 20 heavy (non-hydrogen) atoms. The minimum atomic E-state index is -1.33. The van der Waals surface area contributed by atoms with Gasteiger partial charge in [-0.3, -0.25) is 4.79 Å². The van der Waals surface area contributed by atoms with Crippen molar-refractivity contribution in [2.75, 3.05) is 32.7 Å². The molecule has 1 rings (SSSR count). The van der Waals surface area contributed by atoms with Gasteiger partial charge >= 0.3 is 13.1 Å². The highest BCUT2D eigenvalue weighted by Gasteiger charge is 2.33. The molecule has 1 atom stereocenters. The third-order valence-corrected chi connectivity index (χ3v) is 3.84. The zero-order chi connectivity index (χ0) is 15.0. The molecule has 116 valence electrons. The van der Waals surface area contributed by atoms with Crippen LogP contribution >= 0.6 is 0 Å². The fourth-order valence-electron chi connectivity index (χ4n) is 2.40. The zero-order valence-corrected chi connectivity index (χ0v) is 11.9. The second-order valence-electron chi connectivity index (χ2n) is 5.53. The lowest BCUT2D eigenvalue weighted by Gasteiger charge is -2.31. The highest BCUT2D eigenvalue weighted by molar-refractivity contribution is 6.40. The normalized spacial score (nSPS) is 19.6. The topological polar surface area (TPSA) is 119 Å². The summed E-state index contributed by atoms with van der Waals surface area (Å²) in [6.45, 7) is 4.39. The predicted octanol–water partition coefficient (Wildman–Crippen LogP) is -1.29. The van der Waals surface area contributed by atoms with Crippen molar-refractivity contribution in [2.24, 2.45) is 5.73 Å². The van der Waals surface area contributed by atoms with Crippen LogP contribution in [0.1, 0.15) is 25.7 Å². The predicted molar refractivity (Wildman–Crippen MR) is 77.3 cm³/mol. The second kappa shape index (κ2) is 8.58. The number of carboxylic acids is 1. The molecule has 1 unspecified atom stereocenters. The van der Waals surface area contributed by atoms with Gasteiger partial charge in [-0.1, -0.05) is 12.8 Å². The quantitative estimate of drug-likeness (QED) is 0.264. The molecule has 1 aliphatic heterocycles. The second-order valence-corrected chi connectivity index (χ2v) is 5.53. The largest absolute Gasteiger partial charge is 0.480 e. The first-order valence-corrected chi connectivity index (χ1v) is 7.25. The molecule has 1 saturated heterocycles. The van der Waals surface area contributed by atoms with Crippen molar-refractivity contribution in [1.82, 2.24) is 10.2 Å². The summed E-state index contributed by atoms with van der Waals surface area (Å²) in [6.07, 6.45) is 2.19. The van der Waals surface area contributed by atoms with E-state index in [0.29, 0.717) is 32.2 Å². The molecule has 1 heterocycles. The fourth-order valence-corrected chi connectivity index (χ4v) is 2.40. The Morgan fingerprint density at radius 3 is 2.45 bits per heavy atom. The molecule has 0 amide bonds. The van der Waals surface area contributed by atoms with Crippen LogP contribution in [0, 0.1) is 0 Å². The number of hydrogen-bond donors (Lipinski definition) is 5. The lowest BCUT2D eigenvalue weighted by atomic mass is 9.81. The summed E-state index contributed by atoms with van der Waals surface area (Å²) >= 11 is 0. The Kier molecular flexibility index (Phi) is 7.46. The molecule has 1 fully saturated rings. The molecule has 7 nitrogen and oxygen atoms in total.